The summed E-state index contributed by atoms with van der Waals surface area (Å²) in [5.41, 5.74) is 2.61. The first-order chi connectivity index (χ1) is 44.1. The molecule has 18 nitrogen and oxygen atoms in total. The van der Waals surface area contributed by atoms with Crippen molar-refractivity contribution in [3.05, 3.63) is 164 Å². The maximum absolute atomic E-state index is 13.1. The van der Waals surface area contributed by atoms with Gasteiger partial charge >= 0.3 is 50.7 Å². The first-order valence-corrected chi connectivity index (χ1v) is 31.1. The van der Waals surface area contributed by atoms with Crippen LogP contribution >= 0.6 is 15.9 Å². The topological polar surface area (TPSA) is 216 Å². The molecule has 6 aliphatic heterocycles. The normalized spacial score (nSPS) is 18.4. The zero-order chi connectivity index (χ0) is 71.6. The molecule has 0 saturated carbocycles. The molecule has 0 radical (unpaired) electrons. The molecule has 34 heteroatoms. The number of rotatable bonds is 7. The molecule has 0 amide bonds. The average molecular weight is 1480 g/mol. The Labute approximate surface area is 597 Å². The van der Waals surface area contributed by atoms with Crippen LogP contribution in [0.1, 0.15) is 139 Å². The van der Waals surface area contributed by atoms with Crippen LogP contribution in [0.4, 0.5) is 75.4 Å². The molecule has 4 aromatic rings. The van der Waals surface area contributed by atoms with E-state index < -0.39 is 78.8 Å². The molecule has 4 fully saturated rings. The van der Waals surface area contributed by atoms with Gasteiger partial charge in [0.1, 0.15) is 0 Å². The van der Waals surface area contributed by atoms with Crippen molar-refractivity contribution < 1.29 is 107 Å². The van der Waals surface area contributed by atoms with Gasteiger partial charge in [-0.05, 0) is 197 Å². The van der Waals surface area contributed by atoms with E-state index in [1.165, 1.54) is 36.5 Å². The Balaban J connectivity index is 0.00000118. The molecule has 0 bridgehead atoms. The second kappa shape index (κ2) is 39.9. The number of likely N-dealkylation sites (N-methyl/N-ethyl adjacent to an activating group) is 2. The van der Waals surface area contributed by atoms with Gasteiger partial charge in [0.2, 0.25) is 0 Å². The van der Waals surface area contributed by atoms with E-state index >= 15 is 0 Å². The minimum atomic E-state index is -4.61. The number of non-ortho nitro benzene ring substituents is 3. The summed E-state index contributed by atoms with van der Waals surface area (Å²) in [5, 5.41) is 38.5. The van der Waals surface area contributed by atoms with Crippen molar-refractivity contribution in [1.82, 2.24) is 19.6 Å². The fourth-order valence-corrected chi connectivity index (χ4v) is 11.1. The zero-order valence-electron chi connectivity index (χ0n) is 56.3. The fourth-order valence-electron chi connectivity index (χ4n) is 10.6. The molecule has 0 aromatic heterocycles. The molecule has 4 aromatic carbocycles. The van der Waals surface area contributed by atoms with Gasteiger partial charge in [0.15, 0.2) is 17.4 Å². The Morgan fingerprint density at radius 1 is 0.551 bits per heavy atom. The van der Waals surface area contributed by atoms with Gasteiger partial charge in [0.05, 0.1) is 48.2 Å². The molecule has 10 rings (SSSR count). The molecule has 0 unspecified atom stereocenters. The van der Waals surface area contributed by atoms with Crippen LogP contribution in [0.5, 0.6) is 0 Å². The summed E-state index contributed by atoms with van der Waals surface area (Å²) in [4.78, 5) is 37.5. The van der Waals surface area contributed by atoms with E-state index in [1.807, 2.05) is 26.0 Å². The molecule has 6 aliphatic rings. The average Bonchev–Trinajstić information content (AvgIpc) is 1.76. The maximum atomic E-state index is 13.1. The van der Waals surface area contributed by atoms with Crippen LogP contribution in [-0.4, -0.2) is 176 Å². The van der Waals surface area contributed by atoms with Gasteiger partial charge in [-0.1, -0.05) is 47.6 Å². The molecule has 98 heavy (non-hydrogen) atoms. The van der Waals surface area contributed by atoms with Crippen LogP contribution in [0.25, 0.3) is 5.57 Å². The number of anilines is 1. The van der Waals surface area contributed by atoms with E-state index in [4.69, 9.17) is 24.9 Å². The number of aliphatic hydroxyl groups is 1. The number of nitrogens with two attached hydrogens (primary N) is 1. The molecule has 0 atom stereocenters. The Hall–Kier alpha value is -5.13. The Morgan fingerprint density at radius 2 is 0.918 bits per heavy atom. The van der Waals surface area contributed by atoms with E-state index in [2.05, 4.69) is 71.4 Å². The van der Waals surface area contributed by atoms with Gasteiger partial charge in [-0.3, -0.25) is 30.3 Å². The first-order valence-electron chi connectivity index (χ1n) is 30.3. The monoisotopic (exact) mass is 1480 g/mol. The third-order valence-electron chi connectivity index (χ3n) is 16.8. The summed E-state index contributed by atoms with van der Waals surface area (Å²) < 4.78 is 171. The molecule has 0 spiro atoms. The van der Waals surface area contributed by atoms with Crippen molar-refractivity contribution in [2.24, 2.45) is 0 Å². The van der Waals surface area contributed by atoms with Crippen molar-refractivity contribution in [3.8, 4) is 0 Å². The number of nitrogens with zero attached hydrogens (tertiary/aromatic N) is 7. The minimum Gasteiger partial charge on any atom is -1.00 e. The number of nitrogen functional groups attached to an aromatic ring is 1. The zero-order valence-corrected chi connectivity index (χ0v) is 56.9. The third kappa shape index (κ3) is 27.7. The van der Waals surface area contributed by atoms with Crippen molar-refractivity contribution in [3.63, 3.8) is 0 Å². The van der Waals surface area contributed by atoms with Gasteiger partial charge in [-0.2, -0.15) is 52.7 Å². The number of ether oxygens (including phenoxy) is 1. The second-order valence-corrected chi connectivity index (χ2v) is 25.2. The smallest absolute Gasteiger partial charge is 1.00 e. The number of hydrogen-bond acceptors (Lipinski definition) is 15. The van der Waals surface area contributed by atoms with E-state index in [-0.39, 0.29) is 96.5 Å². The quantitative estimate of drug-likeness (QED) is 0.0578. The molecular weight excluding hydrogens is 1390 g/mol. The number of likely N-dealkylation sites (tertiary alicyclic amines) is 2. The van der Waals surface area contributed by atoms with Crippen molar-refractivity contribution in [1.29, 1.82) is 0 Å². The maximum Gasteiger partial charge on any atom is 1.00 e. The van der Waals surface area contributed by atoms with Crippen LogP contribution < -0.4 is 24.6 Å². The van der Waals surface area contributed by atoms with Gasteiger partial charge in [0.25, 0.3) is 17.1 Å². The number of hydrogen-bond donors (Lipinski definition) is 2. The van der Waals surface area contributed by atoms with Gasteiger partial charge < -0.3 is 45.9 Å². The van der Waals surface area contributed by atoms with E-state index in [1.54, 1.807) is 12.1 Å². The SMILES string of the molecule is C.C1CCOC1.CN1CC=C(B2OC(C)(C)C(C)(C)O2)CC1.CN1CC=C(c2ccc([N+](=O)[O-])cc2C(F)(F)F)CC1.CN1CCC(c2ccc(N)cc2C(F)(F)F)CC1.CN1CCC(c2ccc([N+](=O)[O-])cc2C(F)(F)F)CC1.CO.O=[N+]([O-])c1ccc(Br)c(C(F)(F)F)c1.[AlH3].[H-].[Li+]. The molecule has 4 saturated heterocycles. The van der Waals surface area contributed by atoms with E-state index in [0.29, 0.717) is 61.7 Å². The number of nitro groups is 3. The second-order valence-electron chi connectivity index (χ2n) is 24.4. The predicted octanol–water partition coefficient (Wildman–Crippen LogP) is 12.1. The van der Waals surface area contributed by atoms with Crippen molar-refractivity contribution >= 4 is 68.7 Å². The summed E-state index contributed by atoms with van der Waals surface area (Å²) in [6.07, 6.45) is -7.20. The van der Waals surface area contributed by atoms with Crippen LogP contribution in [0, 0.1) is 30.3 Å². The third-order valence-corrected chi connectivity index (χ3v) is 17.5. The Kier molecular flexibility index (Phi) is 37.0. The van der Waals surface area contributed by atoms with E-state index in [0.717, 1.165) is 109 Å². The number of halogens is 13. The summed E-state index contributed by atoms with van der Waals surface area (Å²) in [7, 11) is 8.80. The van der Waals surface area contributed by atoms with Gasteiger partial charge in [-0.25, -0.2) is 0 Å². The fraction of sp³-hybridized carbons (Fsp3) is 0.562. The van der Waals surface area contributed by atoms with Crippen LogP contribution in [0.2, 0.25) is 0 Å². The molecule has 0 aliphatic carbocycles. The number of aliphatic hydroxyl groups excluding tert-OH is 1. The summed E-state index contributed by atoms with van der Waals surface area (Å²) in [5.74, 6) is -0.206. The van der Waals surface area contributed by atoms with Crippen LogP contribution in [0.3, 0.4) is 0 Å². The molecular formula is C64H90AlBBrF12LiN8O10. The molecule has 3 N–H and O–H groups in total. The Bertz CT molecular complexity index is 3250. The van der Waals surface area contributed by atoms with Gasteiger partial charge in [-0.15, -0.1) is 0 Å². The summed E-state index contributed by atoms with van der Waals surface area (Å²) in [6.45, 7) is 16.9. The van der Waals surface area contributed by atoms with Crippen molar-refractivity contribution in [2.45, 2.75) is 134 Å². The number of piperidine rings is 2. The first kappa shape index (κ1) is 90.9. The molecule has 6 heterocycles. The largest absolute Gasteiger partial charge is 1.00 e. The van der Waals surface area contributed by atoms with Crippen LogP contribution in [-0.2, 0) is 38.8 Å². The minimum absolute atomic E-state index is 0. The number of alkyl halides is 12. The standard InChI is InChI=1S/C13H15F3N2O2.C13H13F3N2O2.C13H17F3N2.C12H22BNO2.C7H3BrF3NO2.C4H8O.CH4O.CH4.Al.Li.4H/c2*1-17-6-4-9(5-7-17)11-3-2-10(18(19)20)8-12(11)13(14,15)16;1-18-6-4-9(5-7-18)11-3-2-10(17)8-12(11)13(14,15)16;1-11(2)12(3,4)16-13(15-11)10-6-8-14(5)9-7-10;8-6-2-1-4(12(13)14)3-5(6)7(9,10)11;1-2-4-5-3-1;1-2;;;;;;;/h2-3,8-9H,4-7H2,1H3;2-4,8H,5-7H2,1H3;2-3,8-9H,4-7,17H2,1H3;6H,7-9H2,1-5H3;1-3H;1-4H2;2H,1H3;1H4;;;;;;/q;;;;;;;;;+1;;;;-1. The van der Waals surface area contributed by atoms with Crippen LogP contribution in [0.15, 0.2) is 94.9 Å². The number of nitro benzene ring substituents is 3. The number of benzene rings is 4. The summed E-state index contributed by atoms with van der Waals surface area (Å²) in [6, 6.07) is 12.6. The van der Waals surface area contributed by atoms with E-state index in [9.17, 15) is 83.0 Å². The van der Waals surface area contributed by atoms with Crippen molar-refractivity contribution in [2.75, 3.05) is 107 Å². The Morgan fingerprint density at radius 3 is 1.29 bits per heavy atom. The predicted molar refractivity (Wildman–Crippen MR) is 359 cm³/mol. The van der Waals surface area contributed by atoms with Gasteiger partial charge in [0, 0.05) is 93.1 Å². The molecule has 544 valence electrons. The summed E-state index contributed by atoms with van der Waals surface area (Å²) >= 11 is 2.67.